The van der Waals surface area contributed by atoms with Gasteiger partial charge in [0, 0.05) is 54.4 Å². The topological polar surface area (TPSA) is 118 Å². The summed E-state index contributed by atoms with van der Waals surface area (Å²) in [5, 5.41) is 8.33. The number of hydrogen-bond donors (Lipinski definition) is 3. The maximum absolute atomic E-state index is 13.8. The van der Waals surface area contributed by atoms with Crippen LogP contribution in [0.1, 0.15) is 40.7 Å². The monoisotopic (exact) mass is 520 g/mol. The van der Waals surface area contributed by atoms with Gasteiger partial charge in [-0.3, -0.25) is 10.3 Å². The molecule has 0 spiro atoms. The summed E-state index contributed by atoms with van der Waals surface area (Å²) in [7, 11) is 1.23. The number of hydrogen-bond acceptors (Lipinski definition) is 8. The van der Waals surface area contributed by atoms with E-state index >= 15 is 0 Å². The van der Waals surface area contributed by atoms with Gasteiger partial charge in [-0.25, -0.2) is 19.6 Å². The molecule has 2 amide bonds. The Morgan fingerprint density at radius 3 is 2.61 bits per heavy atom. The van der Waals surface area contributed by atoms with Gasteiger partial charge in [0.2, 0.25) is 0 Å². The van der Waals surface area contributed by atoms with E-state index < -0.39 is 23.9 Å². The molecule has 0 aliphatic heterocycles. The molecule has 3 heterocycles. The molecule has 0 saturated heterocycles. The number of nitrogens with zero attached hydrogens (tertiary/aromatic N) is 3. The fraction of sp³-hybridized carbons (Fsp3) is 0.348. The van der Waals surface area contributed by atoms with Gasteiger partial charge in [-0.2, -0.15) is 13.2 Å². The Bertz CT molecular complexity index is 1280. The van der Waals surface area contributed by atoms with Crippen molar-refractivity contribution in [3.63, 3.8) is 0 Å². The molecular weight excluding hydrogens is 497 g/mol. The average molecular weight is 521 g/mol. The molecule has 3 N–H and O–H groups in total. The Kier molecular flexibility index (Phi) is 7.50. The Hall–Kier alpha value is -3.58. The summed E-state index contributed by atoms with van der Waals surface area (Å²) in [6.07, 6.45) is 1.39. The Morgan fingerprint density at radius 2 is 1.94 bits per heavy atom. The van der Waals surface area contributed by atoms with Crippen LogP contribution in [0.3, 0.4) is 0 Å². The van der Waals surface area contributed by atoms with Crippen LogP contribution < -0.4 is 16.0 Å². The Balaban J connectivity index is 1.82. The molecule has 36 heavy (non-hydrogen) atoms. The van der Waals surface area contributed by atoms with Crippen LogP contribution in [0.5, 0.6) is 0 Å². The minimum atomic E-state index is -4.64. The number of anilines is 1. The van der Waals surface area contributed by atoms with Crippen LogP contribution in [-0.2, 0) is 17.5 Å². The molecule has 4 rings (SSSR count). The lowest BCUT2D eigenvalue weighted by atomic mass is 10.0. The first kappa shape index (κ1) is 25.5. The normalized spacial score (nSPS) is 13.4. The zero-order valence-electron chi connectivity index (χ0n) is 19.4. The van der Waals surface area contributed by atoms with Gasteiger partial charge in [-0.15, -0.1) is 11.3 Å². The molecule has 1 saturated carbocycles. The lowest BCUT2D eigenvalue weighted by Gasteiger charge is -2.11. The number of carbonyl (C=O) groups excluding carboxylic acids is 2. The highest BCUT2D eigenvalue weighted by molar-refractivity contribution is 7.15. The first-order chi connectivity index (χ1) is 17.2. The number of nitrogens with one attached hydrogen (secondary N) is 3. The number of carbonyl (C=O) groups is 2. The van der Waals surface area contributed by atoms with Gasteiger partial charge in [0.05, 0.1) is 17.6 Å². The Morgan fingerprint density at radius 1 is 1.17 bits per heavy atom. The van der Waals surface area contributed by atoms with Gasteiger partial charge in [0.25, 0.3) is 0 Å². The predicted octanol–water partition coefficient (Wildman–Crippen LogP) is 4.47. The second kappa shape index (κ2) is 10.6. The van der Waals surface area contributed by atoms with Crippen molar-refractivity contribution in [3.8, 4) is 21.7 Å². The van der Waals surface area contributed by atoms with Gasteiger partial charge in [-0.1, -0.05) is 0 Å². The highest BCUT2D eigenvalue weighted by Crippen LogP contribution is 2.41. The van der Waals surface area contributed by atoms with E-state index in [0.29, 0.717) is 23.2 Å². The van der Waals surface area contributed by atoms with Crippen molar-refractivity contribution in [1.82, 2.24) is 25.6 Å². The molecule has 0 aromatic carbocycles. The molecule has 0 radical (unpaired) electrons. The van der Waals surface area contributed by atoms with Crippen molar-refractivity contribution in [2.45, 2.75) is 38.5 Å². The van der Waals surface area contributed by atoms with Crippen molar-refractivity contribution >= 4 is 29.2 Å². The molecule has 3 aromatic rings. The second-order valence-electron chi connectivity index (χ2n) is 8.00. The van der Waals surface area contributed by atoms with E-state index in [9.17, 15) is 22.8 Å². The Labute approximate surface area is 208 Å². The number of amides is 2. The van der Waals surface area contributed by atoms with Crippen molar-refractivity contribution in [2.24, 2.45) is 0 Å². The minimum Gasteiger partial charge on any atom is -0.465 e. The highest BCUT2D eigenvalue weighted by atomic mass is 32.1. The molecule has 0 bridgehead atoms. The number of pyridine rings is 2. The number of methoxy groups -OCH3 is 1. The maximum atomic E-state index is 13.8. The molecule has 13 heteroatoms. The molecule has 3 aromatic heterocycles. The summed E-state index contributed by atoms with van der Waals surface area (Å²) in [6, 6.07) is 2.66. The van der Waals surface area contributed by atoms with E-state index in [1.54, 1.807) is 6.92 Å². The highest BCUT2D eigenvalue weighted by Gasteiger charge is 2.38. The standard InChI is InChI=1S/C23H23F3N6O3S/c1-3-28-22(34)31-18-7-15(16(10-30-18)12-6-13(9-27-8-12)21(33)35-2)20-32-19(23(24,25)26)17(36-20)11-29-14-4-5-14/h6-10,14,29H,3-5,11H2,1-2H3,(H2,28,30,31,34). The minimum absolute atomic E-state index is 0.0426. The zero-order valence-corrected chi connectivity index (χ0v) is 20.2. The zero-order chi connectivity index (χ0) is 25.9. The number of rotatable bonds is 8. The van der Waals surface area contributed by atoms with E-state index in [0.717, 1.165) is 24.2 Å². The maximum Gasteiger partial charge on any atom is 0.434 e. The van der Waals surface area contributed by atoms with Crippen LogP contribution in [0, 0.1) is 0 Å². The quantitative estimate of drug-likeness (QED) is 0.375. The average Bonchev–Trinajstić information content (AvgIpc) is 3.58. The van der Waals surface area contributed by atoms with Crippen LogP contribution in [-0.4, -0.2) is 46.6 Å². The van der Waals surface area contributed by atoms with Crippen molar-refractivity contribution in [2.75, 3.05) is 19.0 Å². The number of alkyl halides is 3. The molecule has 9 nitrogen and oxygen atoms in total. The molecule has 0 unspecified atom stereocenters. The van der Waals surface area contributed by atoms with Crippen LogP contribution >= 0.6 is 11.3 Å². The summed E-state index contributed by atoms with van der Waals surface area (Å²) < 4.78 is 46.3. The number of esters is 1. The fourth-order valence-electron chi connectivity index (χ4n) is 3.40. The molecule has 1 aliphatic rings. The number of aromatic nitrogens is 3. The smallest absolute Gasteiger partial charge is 0.434 e. The van der Waals surface area contributed by atoms with Crippen molar-refractivity contribution in [1.29, 1.82) is 0 Å². The molecule has 1 aliphatic carbocycles. The summed E-state index contributed by atoms with van der Waals surface area (Å²) >= 11 is 0.909. The summed E-state index contributed by atoms with van der Waals surface area (Å²) in [6.45, 7) is 2.16. The second-order valence-corrected chi connectivity index (χ2v) is 9.08. The molecule has 0 atom stereocenters. The number of halogens is 3. The van der Waals surface area contributed by atoms with E-state index in [4.69, 9.17) is 4.74 Å². The third kappa shape index (κ3) is 5.97. The van der Waals surface area contributed by atoms with Gasteiger partial charge in [-0.05, 0) is 31.9 Å². The lowest BCUT2D eigenvalue weighted by molar-refractivity contribution is -0.141. The number of thiazole rings is 1. The SMILES string of the molecule is CCNC(=O)Nc1cc(-c2nc(C(F)(F)F)c(CNC3CC3)s2)c(-c2cncc(C(=O)OC)c2)cn1. The molecule has 1 fully saturated rings. The van der Waals surface area contributed by atoms with Crippen LogP contribution in [0.15, 0.2) is 30.7 Å². The number of urea groups is 1. The van der Waals surface area contributed by atoms with Crippen LogP contribution in [0.4, 0.5) is 23.8 Å². The van der Waals surface area contributed by atoms with E-state index in [1.807, 2.05) is 0 Å². The van der Waals surface area contributed by atoms with E-state index in [2.05, 4.69) is 30.9 Å². The van der Waals surface area contributed by atoms with Gasteiger partial charge in [0.1, 0.15) is 10.8 Å². The third-order valence-corrected chi connectivity index (χ3v) is 6.37. The molecular formula is C23H23F3N6O3S. The van der Waals surface area contributed by atoms with Crippen molar-refractivity contribution in [3.05, 3.63) is 46.9 Å². The van der Waals surface area contributed by atoms with Gasteiger partial charge >= 0.3 is 18.2 Å². The van der Waals surface area contributed by atoms with Crippen LogP contribution in [0.25, 0.3) is 21.7 Å². The summed E-state index contributed by atoms with van der Waals surface area (Å²) in [4.78, 5) is 36.3. The third-order valence-electron chi connectivity index (χ3n) is 5.28. The predicted molar refractivity (Wildman–Crippen MR) is 127 cm³/mol. The van der Waals surface area contributed by atoms with E-state index in [-0.39, 0.29) is 33.9 Å². The molecule has 190 valence electrons. The van der Waals surface area contributed by atoms with Crippen LogP contribution in [0.2, 0.25) is 0 Å². The first-order valence-corrected chi connectivity index (χ1v) is 11.9. The number of ether oxygens (including phenoxy) is 1. The van der Waals surface area contributed by atoms with E-state index in [1.165, 1.54) is 37.8 Å². The lowest BCUT2D eigenvalue weighted by Crippen LogP contribution is -2.28. The largest absolute Gasteiger partial charge is 0.465 e. The van der Waals surface area contributed by atoms with Gasteiger partial charge in [0.15, 0.2) is 5.69 Å². The summed E-state index contributed by atoms with van der Waals surface area (Å²) in [5.74, 6) is -0.492. The summed E-state index contributed by atoms with van der Waals surface area (Å²) in [5.41, 5.74) is 0.312. The first-order valence-electron chi connectivity index (χ1n) is 11.1. The van der Waals surface area contributed by atoms with Gasteiger partial charge < -0.3 is 15.4 Å². The fourth-order valence-corrected chi connectivity index (χ4v) is 4.46. The van der Waals surface area contributed by atoms with Crippen molar-refractivity contribution < 1.29 is 27.5 Å².